The van der Waals surface area contributed by atoms with Crippen LogP contribution in [0.4, 0.5) is 5.69 Å². The molecule has 1 unspecified atom stereocenters. The molecule has 5 nitrogen and oxygen atoms in total. The minimum Gasteiger partial charge on any atom is -0.495 e. The van der Waals surface area contributed by atoms with E-state index in [4.69, 9.17) is 16.3 Å². The summed E-state index contributed by atoms with van der Waals surface area (Å²) in [5.74, 6) is 1.08. The number of hydrogen-bond donors (Lipinski definition) is 1. The van der Waals surface area contributed by atoms with Crippen LogP contribution in [0.15, 0.2) is 23.2 Å². The number of amides is 1. The van der Waals surface area contributed by atoms with Crippen molar-refractivity contribution in [2.45, 2.75) is 38.1 Å². The lowest BCUT2D eigenvalue weighted by Gasteiger charge is -2.21. The number of anilines is 1. The monoisotopic (exact) mass is 415 g/mol. The van der Waals surface area contributed by atoms with Gasteiger partial charge in [0.25, 0.3) is 0 Å². The number of benzene rings is 1. The first-order valence-corrected chi connectivity index (χ1v) is 10.5. The highest BCUT2D eigenvalue weighted by Crippen LogP contribution is 2.32. The molecule has 1 aliphatic rings. The number of rotatable bonds is 5. The summed E-state index contributed by atoms with van der Waals surface area (Å²) in [5.41, 5.74) is 4.16. The summed E-state index contributed by atoms with van der Waals surface area (Å²) < 4.78 is 5.29. The predicted molar refractivity (Wildman–Crippen MR) is 112 cm³/mol. The molecule has 0 spiro atoms. The van der Waals surface area contributed by atoms with Gasteiger partial charge in [0.05, 0.1) is 24.1 Å². The van der Waals surface area contributed by atoms with E-state index in [1.165, 1.54) is 18.9 Å². The van der Waals surface area contributed by atoms with Crippen LogP contribution in [0.2, 0.25) is 5.02 Å². The molecule has 2 aromatic rings. The van der Waals surface area contributed by atoms with Crippen LogP contribution in [0.5, 0.6) is 5.75 Å². The molecule has 3 rings (SSSR count). The van der Waals surface area contributed by atoms with Crippen LogP contribution in [0, 0.1) is 24.2 Å². The molecule has 28 heavy (non-hydrogen) atoms. The van der Waals surface area contributed by atoms with E-state index in [0.717, 1.165) is 36.1 Å². The van der Waals surface area contributed by atoms with Gasteiger partial charge in [-0.25, -0.2) is 4.98 Å². The number of aryl methyl sites for hydroxylation is 2. The maximum atomic E-state index is 12.5. The van der Waals surface area contributed by atoms with Crippen LogP contribution in [0.25, 0.3) is 0 Å². The third-order valence-electron chi connectivity index (χ3n) is 4.81. The van der Waals surface area contributed by atoms with E-state index < -0.39 is 0 Å². The van der Waals surface area contributed by atoms with Crippen molar-refractivity contribution in [2.75, 3.05) is 18.2 Å². The zero-order valence-corrected chi connectivity index (χ0v) is 17.7. The maximum Gasteiger partial charge on any atom is 0.234 e. The van der Waals surface area contributed by atoms with E-state index >= 15 is 0 Å². The number of methoxy groups -OCH3 is 1. The third-order valence-corrected chi connectivity index (χ3v) is 6.21. The summed E-state index contributed by atoms with van der Waals surface area (Å²) in [5, 5.41) is 13.5. The van der Waals surface area contributed by atoms with Crippen molar-refractivity contribution < 1.29 is 9.53 Å². The smallest absolute Gasteiger partial charge is 0.234 e. The number of fused-ring (bicyclic) bond motifs is 1. The van der Waals surface area contributed by atoms with Crippen molar-refractivity contribution >= 4 is 35.0 Å². The van der Waals surface area contributed by atoms with Crippen molar-refractivity contribution in [3.05, 3.63) is 45.6 Å². The minimum atomic E-state index is -0.193. The Morgan fingerprint density at radius 1 is 1.46 bits per heavy atom. The van der Waals surface area contributed by atoms with Gasteiger partial charge in [-0.15, -0.1) is 0 Å². The Labute approximate surface area is 174 Å². The number of nitrogens with one attached hydrogen (secondary N) is 1. The number of ether oxygens (including phenoxy) is 1. The van der Waals surface area contributed by atoms with E-state index in [1.54, 1.807) is 12.1 Å². The summed E-state index contributed by atoms with van der Waals surface area (Å²) in [6.45, 7) is 4.08. The van der Waals surface area contributed by atoms with Crippen LogP contribution < -0.4 is 10.1 Å². The van der Waals surface area contributed by atoms with Gasteiger partial charge < -0.3 is 10.1 Å². The van der Waals surface area contributed by atoms with Crippen molar-refractivity contribution in [1.29, 1.82) is 5.26 Å². The number of halogens is 1. The largest absolute Gasteiger partial charge is 0.495 e. The fourth-order valence-corrected chi connectivity index (χ4v) is 4.20. The number of pyridine rings is 1. The number of aromatic nitrogens is 1. The van der Waals surface area contributed by atoms with Gasteiger partial charge in [0.2, 0.25) is 5.91 Å². The van der Waals surface area contributed by atoms with Gasteiger partial charge in [0.15, 0.2) is 0 Å². The average Bonchev–Trinajstić information content (AvgIpc) is 2.68. The number of carbonyl (C=O) groups excluding carboxylic acids is 1. The van der Waals surface area contributed by atoms with Gasteiger partial charge in [-0.2, -0.15) is 5.26 Å². The number of hydrogen-bond acceptors (Lipinski definition) is 5. The molecular weight excluding hydrogens is 394 g/mol. The first-order valence-electron chi connectivity index (χ1n) is 9.11. The molecule has 7 heteroatoms. The molecule has 1 amide bonds. The van der Waals surface area contributed by atoms with E-state index in [-0.39, 0.29) is 11.7 Å². The lowest BCUT2D eigenvalue weighted by Crippen LogP contribution is -2.16. The summed E-state index contributed by atoms with van der Waals surface area (Å²) in [6.07, 6.45) is 2.98. The summed E-state index contributed by atoms with van der Waals surface area (Å²) in [7, 11) is 1.53. The lowest BCUT2D eigenvalue weighted by atomic mass is 9.87. The molecule has 0 aliphatic heterocycles. The molecule has 1 heterocycles. The van der Waals surface area contributed by atoms with Crippen molar-refractivity contribution in [1.82, 2.24) is 4.98 Å². The second kappa shape index (κ2) is 8.85. The van der Waals surface area contributed by atoms with Crippen LogP contribution in [-0.2, 0) is 17.6 Å². The van der Waals surface area contributed by atoms with Crippen LogP contribution in [0.1, 0.15) is 35.7 Å². The van der Waals surface area contributed by atoms with Crippen molar-refractivity contribution in [3.8, 4) is 11.8 Å². The molecule has 0 fully saturated rings. The SMILES string of the molecule is COc1cc(Cl)c(C)cc1NC(=O)CSc1nc2c(cc1C#N)CC(C)CC2. The molecule has 0 radical (unpaired) electrons. The van der Waals surface area contributed by atoms with Gasteiger partial charge in [-0.1, -0.05) is 30.3 Å². The number of nitriles is 1. The van der Waals surface area contributed by atoms with Crippen molar-refractivity contribution in [2.24, 2.45) is 5.92 Å². The predicted octanol–water partition coefficient (Wildman–Crippen LogP) is 4.78. The highest BCUT2D eigenvalue weighted by atomic mass is 35.5. The Morgan fingerprint density at radius 2 is 2.25 bits per heavy atom. The molecular formula is C21H22ClN3O2S. The zero-order chi connectivity index (χ0) is 20.3. The standard InChI is InChI=1S/C21H22ClN3O2S/c1-12-4-5-17-14(6-12)8-15(10-23)21(25-17)28-11-20(26)24-18-7-13(2)16(22)9-19(18)27-3/h7-9,12H,4-6,11H2,1-3H3,(H,24,26). The third kappa shape index (κ3) is 4.60. The van der Waals surface area contributed by atoms with Gasteiger partial charge in [-0.05, 0) is 55.4 Å². The van der Waals surface area contributed by atoms with Gasteiger partial charge in [0, 0.05) is 16.8 Å². The van der Waals surface area contributed by atoms with E-state index in [9.17, 15) is 10.1 Å². The Bertz CT molecular complexity index is 956. The second-order valence-corrected chi connectivity index (χ2v) is 8.42. The number of thioether (sulfide) groups is 1. The van der Waals surface area contributed by atoms with Crippen molar-refractivity contribution in [3.63, 3.8) is 0 Å². The highest BCUT2D eigenvalue weighted by Gasteiger charge is 2.20. The Hall–Kier alpha value is -2.23. The van der Waals surface area contributed by atoms with Gasteiger partial charge >= 0.3 is 0 Å². The molecule has 1 aliphatic carbocycles. The van der Waals surface area contributed by atoms with Crippen LogP contribution in [0.3, 0.4) is 0 Å². The van der Waals surface area contributed by atoms with Crippen LogP contribution in [-0.4, -0.2) is 23.8 Å². The molecule has 1 aromatic carbocycles. The summed E-state index contributed by atoms with van der Waals surface area (Å²) in [6, 6.07) is 7.61. The summed E-state index contributed by atoms with van der Waals surface area (Å²) in [4.78, 5) is 17.1. The molecule has 1 N–H and O–H groups in total. The number of nitrogens with zero attached hydrogens (tertiary/aromatic N) is 2. The van der Waals surface area contributed by atoms with Gasteiger partial charge in [0.1, 0.15) is 16.8 Å². The topological polar surface area (TPSA) is 75.0 Å². The first-order chi connectivity index (χ1) is 13.4. The Morgan fingerprint density at radius 3 is 2.96 bits per heavy atom. The Kier molecular flexibility index (Phi) is 6.48. The molecule has 0 saturated heterocycles. The number of carbonyl (C=O) groups is 1. The normalized spacial score (nSPS) is 15.5. The molecule has 1 atom stereocenters. The molecule has 146 valence electrons. The highest BCUT2D eigenvalue weighted by molar-refractivity contribution is 8.00. The Balaban J connectivity index is 1.72. The fourth-order valence-electron chi connectivity index (χ4n) is 3.27. The maximum absolute atomic E-state index is 12.5. The fraction of sp³-hybridized carbons (Fsp3) is 0.381. The second-order valence-electron chi connectivity index (χ2n) is 7.05. The summed E-state index contributed by atoms with van der Waals surface area (Å²) >= 11 is 7.39. The van der Waals surface area contributed by atoms with E-state index in [0.29, 0.717) is 33.0 Å². The quantitative estimate of drug-likeness (QED) is 0.711. The zero-order valence-electron chi connectivity index (χ0n) is 16.1. The molecule has 0 saturated carbocycles. The van der Waals surface area contributed by atoms with Crippen LogP contribution >= 0.6 is 23.4 Å². The van der Waals surface area contributed by atoms with Gasteiger partial charge in [-0.3, -0.25) is 4.79 Å². The lowest BCUT2D eigenvalue weighted by molar-refractivity contribution is -0.113. The average molecular weight is 416 g/mol. The van der Waals surface area contributed by atoms with E-state index in [2.05, 4.69) is 23.3 Å². The minimum absolute atomic E-state index is 0.154. The first kappa shape index (κ1) is 20.5. The van der Waals surface area contributed by atoms with E-state index in [1.807, 2.05) is 13.0 Å². The molecule has 1 aromatic heterocycles. The molecule has 0 bridgehead atoms.